The molecule has 164 valence electrons. The maximum absolute atomic E-state index is 12.4. The molecule has 0 aliphatic carbocycles. The van der Waals surface area contributed by atoms with Crippen molar-refractivity contribution in [1.82, 2.24) is 0 Å². The number of hydrogen-bond acceptors (Lipinski definition) is 6. The summed E-state index contributed by atoms with van der Waals surface area (Å²) in [6.07, 6.45) is 9.48. The van der Waals surface area contributed by atoms with E-state index in [1.165, 1.54) is 14.2 Å². The minimum Gasteiger partial charge on any atom is -0.481 e. The molecule has 0 bridgehead atoms. The van der Waals surface area contributed by atoms with Crippen LogP contribution < -0.4 is 0 Å². The molecule has 1 aromatic rings. The van der Waals surface area contributed by atoms with Gasteiger partial charge in [0.15, 0.2) is 0 Å². The largest absolute Gasteiger partial charge is 0.481 e. The van der Waals surface area contributed by atoms with Crippen molar-refractivity contribution < 1.29 is 33.4 Å². The molecular weight excluding hydrogens is 376 g/mol. The van der Waals surface area contributed by atoms with Crippen molar-refractivity contribution in [3.63, 3.8) is 0 Å². The topological polar surface area (TPSA) is 103 Å². The lowest BCUT2D eigenvalue weighted by atomic mass is 10.0. The SMILES string of the molecule is CCCCCCc1oc(CCCCCCCC(=O)O)c(C(=O)OC)c1C(=O)OC. The summed E-state index contributed by atoms with van der Waals surface area (Å²) in [6.45, 7) is 2.13. The number of carboxylic acids is 1. The molecule has 0 fully saturated rings. The first kappa shape index (κ1) is 24.7. The summed E-state index contributed by atoms with van der Waals surface area (Å²) in [5.41, 5.74) is 0.364. The number of ether oxygens (including phenoxy) is 2. The molecule has 0 atom stereocenters. The molecule has 0 unspecified atom stereocenters. The number of unbranched alkanes of at least 4 members (excludes halogenated alkanes) is 7. The van der Waals surface area contributed by atoms with Crippen molar-refractivity contribution >= 4 is 17.9 Å². The lowest BCUT2D eigenvalue weighted by Gasteiger charge is -2.04. The van der Waals surface area contributed by atoms with E-state index >= 15 is 0 Å². The van der Waals surface area contributed by atoms with Gasteiger partial charge in [-0.25, -0.2) is 9.59 Å². The number of carbonyl (C=O) groups excluding carboxylic acids is 2. The first-order chi connectivity index (χ1) is 14.0. The van der Waals surface area contributed by atoms with E-state index in [0.29, 0.717) is 30.8 Å². The number of esters is 2. The number of aliphatic carboxylic acids is 1. The van der Waals surface area contributed by atoms with Gasteiger partial charge in [0.2, 0.25) is 0 Å². The summed E-state index contributed by atoms with van der Waals surface area (Å²) in [5, 5.41) is 8.66. The number of methoxy groups -OCH3 is 2. The molecular formula is C22H34O7. The maximum atomic E-state index is 12.4. The first-order valence-electron chi connectivity index (χ1n) is 10.5. The summed E-state index contributed by atoms with van der Waals surface area (Å²) in [4.78, 5) is 35.2. The molecule has 1 N–H and O–H groups in total. The van der Waals surface area contributed by atoms with E-state index in [2.05, 4.69) is 6.92 Å². The Morgan fingerprint density at radius 2 is 1.21 bits per heavy atom. The molecule has 0 amide bonds. The van der Waals surface area contributed by atoms with Crippen LogP contribution in [0.5, 0.6) is 0 Å². The van der Waals surface area contributed by atoms with Crippen LogP contribution in [0.25, 0.3) is 0 Å². The second-order valence-electron chi connectivity index (χ2n) is 7.15. The first-order valence-corrected chi connectivity index (χ1v) is 10.5. The summed E-state index contributed by atoms with van der Waals surface area (Å²) in [7, 11) is 2.57. The highest BCUT2D eigenvalue weighted by Gasteiger charge is 2.30. The third-order valence-electron chi connectivity index (χ3n) is 4.88. The fourth-order valence-corrected chi connectivity index (χ4v) is 3.32. The standard InChI is InChI=1S/C22H34O7/c1-4-5-6-10-13-16-19(21(25)27-2)20(22(26)28-3)17(29-16)14-11-8-7-9-12-15-18(23)24/h4-15H2,1-3H3,(H,23,24). The molecule has 1 heterocycles. The molecule has 1 aromatic heterocycles. The van der Waals surface area contributed by atoms with Gasteiger partial charge in [0, 0.05) is 19.3 Å². The molecule has 7 heteroatoms. The normalized spacial score (nSPS) is 10.7. The second-order valence-corrected chi connectivity index (χ2v) is 7.15. The fraction of sp³-hybridized carbons (Fsp3) is 0.682. The Morgan fingerprint density at radius 1 is 0.759 bits per heavy atom. The molecule has 0 aliphatic heterocycles. The molecule has 0 saturated carbocycles. The fourth-order valence-electron chi connectivity index (χ4n) is 3.32. The Balaban J connectivity index is 2.85. The minimum absolute atomic E-state index is 0.177. The highest BCUT2D eigenvalue weighted by atomic mass is 16.5. The third-order valence-corrected chi connectivity index (χ3v) is 4.88. The van der Waals surface area contributed by atoms with Crippen molar-refractivity contribution in [2.45, 2.75) is 84.0 Å². The van der Waals surface area contributed by atoms with Crippen molar-refractivity contribution in [2.24, 2.45) is 0 Å². The zero-order valence-corrected chi connectivity index (χ0v) is 17.9. The Hall–Kier alpha value is -2.31. The van der Waals surface area contributed by atoms with E-state index in [1.807, 2.05) is 0 Å². The maximum Gasteiger partial charge on any atom is 0.342 e. The lowest BCUT2D eigenvalue weighted by molar-refractivity contribution is -0.137. The van der Waals surface area contributed by atoms with E-state index in [1.54, 1.807) is 0 Å². The molecule has 7 nitrogen and oxygen atoms in total. The van der Waals surface area contributed by atoms with Gasteiger partial charge in [-0.1, -0.05) is 45.4 Å². The van der Waals surface area contributed by atoms with E-state index in [0.717, 1.165) is 51.4 Å². The van der Waals surface area contributed by atoms with Gasteiger partial charge in [0.05, 0.1) is 14.2 Å². The zero-order chi connectivity index (χ0) is 21.6. The van der Waals surface area contributed by atoms with Crippen LogP contribution >= 0.6 is 0 Å². The van der Waals surface area contributed by atoms with Crippen molar-refractivity contribution in [3.05, 3.63) is 22.6 Å². The number of carbonyl (C=O) groups is 3. The predicted molar refractivity (Wildman–Crippen MR) is 108 cm³/mol. The van der Waals surface area contributed by atoms with Gasteiger partial charge in [-0.3, -0.25) is 4.79 Å². The average molecular weight is 411 g/mol. The van der Waals surface area contributed by atoms with E-state index in [-0.39, 0.29) is 17.5 Å². The Labute approximate surface area is 172 Å². The van der Waals surface area contributed by atoms with Gasteiger partial charge in [-0.15, -0.1) is 0 Å². The highest BCUT2D eigenvalue weighted by Crippen LogP contribution is 2.28. The quantitative estimate of drug-likeness (QED) is 0.322. The van der Waals surface area contributed by atoms with Crippen LogP contribution in [0.3, 0.4) is 0 Å². The summed E-state index contributed by atoms with van der Waals surface area (Å²) < 4.78 is 15.7. The predicted octanol–water partition coefficient (Wildman–Crippen LogP) is 4.94. The van der Waals surface area contributed by atoms with Crippen molar-refractivity contribution in [1.29, 1.82) is 0 Å². The van der Waals surface area contributed by atoms with E-state index in [4.69, 9.17) is 19.0 Å². The van der Waals surface area contributed by atoms with Crippen LogP contribution in [0.4, 0.5) is 0 Å². The van der Waals surface area contributed by atoms with Gasteiger partial charge in [-0.2, -0.15) is 0 Å². The van der Waals surface area contributed by atoms with Gasteiger partial charge < -0.3 is 19.0 Å². The number of furan rings is 1. The lowest BCUT2D eigenvalue weighted by Crippen LogP contribution is -2.13. The van der Waals surface area contributed by atoms with Crippen molar-refractivity contribution in [3.8, 4) is 0 Å². The number of rotatable bonds is 15. The van der Waals surface area contributed by atoms with Crippen LogP contribution in [0.2, 0.25) is 0 Å². The van der Waals surface area contributed by atoms with Crippen molar-refractivity contribution in [2.75, 3.05) is 14.2 Å². The monoisotopic (exact) mass is 410 g/mol. The van der Waals surface area contributed by atoms with Crippen LogP contribution in [-0.2, 0) is 27.1 Å². The zero-order valence-electron chi connectivity index (χ0n) is 17.9. The highest BCUT2D eigenvalue weighted by molar-refractivity contribution is 6.04. The van der Waals surface area contributed by atoms with Gasteiger partial charge in [0.25, 0.3) is 0 Å². The Morgan fingerprint density at radius 3 is 1.66 bits per heavy atom. The summed E-state index contributed by atoms with van der Waals surface area (Å²) >= 11 is 0. The number of aryl methyl sites for hydroxylation is 2. The van der Waals surface area contributed by atoms with Crippen LogP contribution in [0.1, 0.15) is 103 Å². The van der Waals surface area contributed by atoms with Gasteiger partial charge in [0.1, 0.15) is 22.6 Å². The molecule has 1 rings (SSSR count). The molecule has 0 radical (unpaired) electrons. The smallest absolute Gasteiger partial charge is 0.342 e. The molecule has 0 spiro atoms. The Kier molecular flexibility index (Phi) is 11.8. The molecule has 0 aromatic carbocycles. The number of carboxylic acid groups (broad SMARTS) is 1. The molecule has 29 heavy (non-hydrogen) atoms. The molecule has 0 aliphatic rings. The van der Waals surface area contributed by atoms with Crippen LogP contribution in [0, 0.1) is 0 Å². The van der Waals surface area contributed by atoms with Gasteiger partial charge >= 0.3 is 17.9 Å². The molecule has 0 saturated heterocycles. The van der Waals surface area contributed by atoms with Crippen LogP contribution in [0.15, 0.2) is 4.42 Å². The average Bonchev–Trinajstić information content (AvgIpc) is 3.07. The third kappa shape index (κ3) is 8.30. The van der Waals surface area contributed by atoms with E-state index in [9.17, 15) is 14.4 Å². The Bertz CT molecular complexity index is 660. The number of hydrogen-bond donors (Lipinski definition) is 1. The summed E-state index contributed by atoms with van der Waals surface area (Å²) in [6, 6.07) is 0. The van der Waals surface area contributed by atoms with Gasteiger partial charge in [-0.05, 0) is 19.3 Å². The minimum atomic E-state index is -0.773. The van der Waals surface area contributed by atoms with E-state index < -0.39 is 17.9 Å². The van der Waals surface area contributed by atoms with Crippen LogP contribution in [-0.4, -0.2) is 37.2 Å². The second kappa shape index (κ2) is 13.8. The summed E-state index contributed by atoms with van der Waals surface area (Å²) in [5.74, 6) is -0.992.